The predicted octanol–water partition coefficient (Wildman–Crippen LogP) is 4.64. The Bertz CT molecular complexity index is 1360. The molecule has 4 aromatic rings. The first kappa shape index (κ1) is 22.7. The molecule has 174 valence electrons. The molecule has 5 rings (SSSR count). The number of pyridine rings is 1. The molecular formula is C25H24Cl2N6O. The molecule has 7 nitrogen and oxygen atoms in total. The fourth-order valence-electron chi connectivity index (χ4n) is 4.08. The number of halogens is 2. The molecule has 0 radical (unpaired) electrons. The summed E-state index contributed by atoms with van der Waals surface area (Å²) in [6.07, 6.45) is 1.70. The van der Waals surface area contributed by atoms with Gasteiger partial charge in [-0.15, -0.1) is 0 Å². The average Bonchev–Trinajstić information content (AvgIpc) is 2.84. The molecule has 0 bridgehead atoms. The average molecular weight is 495 g/mol. The molecule has 1 saturated heterocycles. The Morgan fingerprint density at radius 1 is 0.941 bits per heavy atom. The summed E-state index contributed by atoms with van der Waals surface area (Å²) in [7, 11) is 2.15. The quantitative estimate of drug-likeness (QED) is 0.435. The van der Waals surface area contributed by atoms with E-state index in [0.29, 0.717) is 27.2 Å². The normalized spacial score (nSPS) is 14.5. The number of fused-ring (bicyclic) bond motifs is 1. The first-order valence-electron chi connectivity index (χ1n) is 11.1. The Balaban J connectivity index is 1.41. The van der Waals surface area contributed by atoms with Crippen LogP contribution in [0, 0.1) is 0 Å². The minimum Gasteiger partial charge on any atom is -0.369 e. The Morgan fingerprint density at radius 3 is 2.35 bits per heavy atom. The molecule has 0 spiro atoms. The monoisotopic (exact) mass is 494 g/mol. The van der Waals surface area contributed by atoms with Crippen molar-refractivity contribution in [3.8, 4) is 0 Å². The summed E-state index contributed by atoms with van der Waals surface area (Å²) < 4.78 is 1.56. The molecule has 0 unspecified atom stereocenters. The van der Waals surface area contributed by atoms with Crippen LogP contribution in [0.4, 0.5) is 17.3 Å². The van der Waals surface area contributed by atoms with Gasteiger partial charge in [0.2, 0.25) is 5.95 Å². The van der Waals surface area contributed by atoms with Crippen LogP contribution in [0.25, 0.3) is 11.0 Å². The van der Waals surface area contributed by atoms with E-state index in [1.807, 2.05) is 12.1 Å². The number of nitrogens with zero attached hydrogens (tertiary/aromatic N) is 5. The number of aromatic nitrogens is 3. The van der Waals surface area contributed by atoms with Crippen molar-refractivity contribution in [3.05, 3.63) is 86.8 Å². The van der Waals surface area contributed by atoms with Gasteiger partial charge in [0.25, 0.3) is 5.56 Å². The highest BCUT2D eigenvalue weighted by Gasteiger charge is 2.15. The molecule has 0 amide bonds. The molecule has 2 aromatic carbocycles. The highest BCUT2D eigenvalue weighted by atomic mass is 35.5. The first-order valence-corrected chi connectivity index (χ1v) is 11.8. The molecular weight excluding hydrogens is 471 g/mol. The van der Waals surface area contributed by atoms with Crippen LogP contribution in [0.2, 0.25) is 10.0 Å². The van der Waals surface area contributed by atoms with Crippen molar-refractivity contribution in [3.63, 3.8) is 0 Å². The lowest BCUT2D eigenvalue weighted by molar-refractivity contribution is 0.313. The summed E-state index contributed by atoms with van der Waals surface area (Å²) in [4.78, 5) is 26.5. The lowest BCUT2D eigenvalue weighted by Crippen LogP contribution is -2.44. The maximum atomic E-state index is 12.7. The number of nitrogens with one attached hydrogen (secondary N) is 1. The van der Waals surface area contributed by atoms with Crippen LogP contribution in [-0.4, -0.2) is 52.7 Å². The smallest absolute Gasteiger partial charge is 0.252 e. The van der Waals surface area contributed by atoms with Gasteiger partial charge in [-0.2, -0.15) is 4.98 Å². The van der Waals surface area contributed by atoms with Gasteiger partial charge in [-0.1, -0.05) is 29.3 Å². The molecule has 0 aliphatic carbocycles. The Hall–Kier alpha value is -3.13. The number of rotatable bonds is 5. The van der Waals surface area contributed by atoms with Gasteiger partial charge < -0.3 is 15.1 Å². The van der Waals surface area contributed by atoms with Gasteiger partial charge in [-0.25, -0.2) is 4.98 Å². The summed E-state index contributed by atoms with van der Waals surface area (Å²) in [5, 5.41) is 5.01. The Kier molecular flexibility index (Phi) is 6.41. The van der Waals surface area contributed by atoms with E-state index in [1.54, 1.807) is 35.0 Å². The van der Waals surface area contributed by atoms with E-state index in [9.17, 15) is 4.79 Å². The topological polar surface area (TPSA) is 66.3 Å². The largest absolute Gasteiger partial charge is 0.369 e. The molecule has 0 saturated carbocycles. The number of anilines is 3. The van der Waals surface area contributed by atoms with Crippen LogP contribution in [0.15, 0.2) is 65.6 Å². The van der Waals surface area contributed by atoms with Crippen LogP contribution in [0.1, 0.15) is 5.56 Å². The van der Waals surface area contributed by atoms with E-state index in [0.717, 1.165) is 37.3 Å². The van der Waals surface area contributed by atoms with E-state index in [-0.39, 0.29) is 12.1 Å². The zero-order chi connectivity index (χ0) is 23.7. The van der Waals surface area contributed by atoms with Crippen LogP contribution in [0.3, 0.4) is 0 Å². The minimum atomic E-state index is -0.190. The molecule has 2 aromatic heterocycles. The minimum absolute atomic E-state index is 0.190. The third kappa shape index (κ3) is 4.73. The van der Waals surface area contributed by atoms with Gasteiger partial charge in [0, 0.05) is 70.8 Å². The molecule has 0 atom stereocenters. The predicted molar refractivity (Wildman–Crippen MR) is 139 cm³/mol. The van der Waals surface area contributed by atoms with E-state index < -0.39 is 0 Å². The summed E-state index contributed by atoms with van der Waals surface area (Å²) >= 11 is 12.7. The van der Waals surface area contributed by atoms with E-state index in [2.05, 4.69) is 44.3 Å². The van der Waals surface area contributed by atoms with Gasteiger partial charge in [0.15, 0.2) is 0 Å². The lowest BCUT2D eigenvalue weighted by atomic mass is 10.2. The standard InChI is InChI=1S/C25H24Cl2N6O/c1-31-11-13-32(14-12-31)19-8-6-18(7-9-19)29-25-28-15-17-5-10-23(34)33(24(17)30-25)16-20-21(26)3-2-4-22(20)27/h2-10,15H,11-14,16H2,1H3,(H,28,29,30). The van der Waals surface area contributed by atoms with Crippen molar-refractivity contribution in [2.45, 2.75) is 6.54 Å². The first-order chi connectivity index (χ1) is 16.5. The zero-order valence-corrected chi connectivity index (χ0v) is 20.2. The summed E-state index contributed by atoms with van der Waals surface area (Å²) in [6.45, 7) is 4.37. The van der Waals surface area contributed by atoms with Crippen LogP contribution < -0.4 is 15.8 Å². The fourth-order valence-corrected chi connectivity index (χ4v) is 4.59. The zero-order valence-electron chi connectivity index (χ0n) is 18.7. The summed E-state index contributed by atoms with van der Waals surface area (Å²) in [5.74, 6) is 0.407. The number of hydrogen-bond acceptors (Lipinski definition) is 6. The van der Waals surface area contributed by atoms with Crippen LogP contribution in [0.5, 0.6) is 0 Å². The van der Waals surface area contributed by atoms with Crippen molar-refractivity contribution in [1.29, 1.82) is 0 Å². The molecule has 1 aliphatic rings. The highest BCUT2D eigenvalue weighted by Crippen LogP contribution is 2.26. The number of likely N-dealkylation sites (N-methyl/N-ethyl adjacent to an activating group) is 1. The van der Waals surface area contributed by atoms with Crippen LogP contribution >= 0.6 is 23.2 Å². The second kappa shape index (κ2) is 9.62. The van der Waals surface area contributed by atoms with Gasteiger partial charge >= 0.3 is 0 Å². The molecule has 9 heteroatoms. The van der Waals surface area contributed by atoms with Crippen molar-refractivity contribution < 1.29 is 0 Å². The molecule has 1 fully saturated rings. The number of benzene rings is 2. The molecule has 1 aliphatic heterocycles. The SMILES string of the molecule is CN1CCN(c2ccc(Nc3ncc4ccc(=O)n(Cc5c(Cl)cccc5Cl)c4n3)cc2)CC1. The van der Waals surface area contributed by atoms with Gasteiger partial charge in [-0.3, -0.25) is 9.36 Å². The maximum absolute atomic E-state index is 12.7. The molecule has 34 heavy (non-hydrogen) atoms. The highest BCUT2D eigenvalue weighted by molar-refractivity contribution is 6.36. The van der Waals surface area contributed by atoms with E-state index >= 15 is 0 Å². The second-order valence-electron chi connectivity index (χ2n) is 8.39. The van der Waals surface area contributed by atoms with Gasteiger partial charge in [0.05, 0.1) is 6.54 Å². The van der Waals surface area contributed by atoms with Gasteiger partial charge in [0.1, 0.15) is 5.65 Å². The Morgan fingerprint density at radius 2 is 1.65 bits per heavy atom. The molecule has 3 heterocycles. The van der Waals surface area contributed by atoms with Crippen molar-refractivity contribution in [1.82, 2.24) is 19.4 Å². The number of piperazine rings is 1. The second-order valence-corrected chi connectivity index (χ2v) is 9.21. The Labute approximate surface area is 207 Å². The van der Waals surface area contributed by atoms with Crippen molar-refractivity contribution in [2.75, 3.05) is 43.4 Å². The third-order valence-corrected chi connectivity index (χ3v) is 6.80. The summed E-state index contributed by atoms with van der Waals surface area (Å²) in [5.41, 5.74) is 3.06. The van der Waals surface area contributed by atoms with E-state index in [4.69, 9.17) is 23.2 Å². The number of hydrogen-bond donors (Lipinski definition) is 1. The summed E-state index contributed by atoms with van der Waals surface area (Å²) in [6, 6.07) is 16.7. The lowest BCUT2D eigenvalue weighted by Gasteiger charge is -2.34. The van der Waals surface area contributed by atoms with Crippen molar-refractivity contribution >= 4 is 51.6 Å². The van der Waals surface area contributed by atoms with Gasteiger partial charge in [-0.05, 0) is 49.5 Å². The maximum Gasteiger partial charge on any atom is 0.252 e. The molecule has 1 N–H and O–H groups in total. The fraction of sp³-hybridized carbons (Fsp3) is 0.240. The van der Waals surface area contributed by atoms with E-state index in [1.165, 1.54) is 11.8 Å². The van der Waals surface area contributed by atoms with Crippen molar-refractivity contribution in [2.24, 2.45) is 0 Å². The third-order valence-electron chi connectivity index (χ3n) is 6.09. The van der Waals surface area contributed by atoms with Crippen LogP contribution in [-0.2, 0) is 6.54 Å².